The number of aldehydes is 1. The van der Waals surface area contributed by atoms with Gasteiger partial charge in [0.2, 0.25) is 0 Å². The number of benzene rings is 6. The summed E-state index contributed by atoms with van der Waals surface area (Å²) in [5.74, 6) is 0. The van der Waals surface area contributed by atoms with Crippen LogP contribution in [0.4, 0.5) is 0 Å². The summed E-state index contributed by atoms with van der Waals surface area (Å²) in [5.41, 5.74) is 5.86. The Balaban J connectivity index is 1.14. The standard InChI is InChI=1S/C54H56O10/c55-31-46(57-33-41-21-9-2-10-22-41)49-51(47(39-62-49)58-34-42-23-11-3-12-24-42)64-54-53(61-37-45-29-17-6-18-30-45)52(60-36-44-27-15-5-16-28-44)50(59-35-43-25-13-4-14-26-43)48(63-54)38-56-32-40-19-7-1-8-20-40/h1-31,46-54H,32-39H2/t46-,47+,48-,49+,50+,51-,52+,53-,54+/m1/s1. The highest BCUT2D eigenvalue weighted by atomic mass is 16.7. The van der Waals surface area contributed by atoms with E-state index in [9.17, 15) is 4.79 Å². The second-order valence-electron chi connectivity index (χ2n) is 16.0. The van der Waals surface area contributed by atoms with Crippen LogP contribution in [0.1, 0.15) is 33.4 Å². The van der Waals surface area contributed by atoms with Gasteiger partial charge in [-0.15, -0.1) is 0 Å². The van der Waals surface area contributed by atoms with Crippen LogP contribution in [0.2, 0.25) is 0 Å². The van der Waals surface area contributed by atoms with Gasteiger partial charge in [-0.05, 0) is 33.4 Å². The Morgan fingerprint density at radius 1 is 0.469 bits per heavy atom. The number of ether oxygens (including phenoxy) is 9. The zero-order chi connectivity index (χ0) is 43.6. The highest BCUT2D eigenvalue weighted by Crippen LogP contribution is 2.35. The van der Waals surface area contributed by atoms with E-state index >= 15 is 0 Å². The van der Waals surface area contributed by atoms with Crippen LogP contribution in [0.3, 0.4) is 0 Å². The predicted molar refractivity (Wildman–Crippen MR) is 241 cm³/mol. The quantitative estimate of drug-likeness (QED) is 0.0582. The third-order valence-electron chi connectivity index (χ3n) is 11.3. The molecular formula is C54H56O10. The molecular weight excluding hydrogens is 809 g/mol. The molecule has 2 saturated heterocycles. The number of rotatable bonds is 23. The number of carbonyl (C=O) groups is 1. The average Bonchev–Trinajstić information content (AvgIpc) is 3.75. The molecule has 0 bridgehead atoms. The number of hydrogen-bond acceptors (Lipinski definition) is 10. The number of carbonyl (C=O) groups excluding carboxylic acids is 1. The third-order valence-corrected chi connectivity index (χ3v) is 11.3. The normalized spacial score (nSPS) is 23.7. The maximum Gasteiger partial charge on any atom is 0.187 e. The van der Waals surface area contributed by atoms with Gasteiger partial charge in [0.25, 0.3) is 0 Å². The van der Waals surface area contributed by atoms with E-state index in [-0.39, 0.29) is 33.0 Å². The van der Waals surface area contributed by atoms with Crippen molar-refractivity contribution in [2.75, 3.05) is 13.2 Å². The predicted octanol–water partition coefficient (Wildman–Crippen LogP) is 8.84. The SMILES string of the molecule is O=C[C@@H](OCc1ccccc1)[C@@H]1OC[C@H](OCc2ccccc2)[C@H]1O[C@@H]1O[C@H](COCc2ccccc2)[C@H](OCc2ccccc2)[C@H](OCc2ccccc2)[C@H]1OCc1ccccc1. The molecule has 0 N–H and O–H groups in total. The van der Waals surface area contributed by atoms with Crippen molar-refractivity contribution in [2.45, 2.75) is 94.8 Å². The second kappa shape index (κ2) is 24.1. The molecule has 10 heteroatoms. The lowest BCUT2D eigenvalue weighted by molar-refractivity contribution is -0.343. The van der Waals surface area contributed by atoms with Gasteiger partial charge in [-0.1, -0.05) is 182 Å². The molecule has 9 atom stereocenters. The molecule has 0 aliphatic carbocycles. The van der Waals surface area contributed by atoms with Crippen molar-refractivity contribution in [1.82, 2.24) is 0 Å². The molecule has 0 radical (unpaired) electrons. The fourth-order valence-electron chi connectivity index (χ4n) is 7.96. The summed E-state index contributed by atoms with van der Waals surface area (Å²) >= 11 is 0. The molecule has 2 aliphatic heterocycles. The lowest BCUT2D eigenvalue weighted by Gasteiger charge is -2.47. The molecule has 0 spiro atoms. The van der Waals surface area contributed by atoms with E-state index in [2.05, 4.69) is 0 Å². The summed E-state index contributed by atoms with van der Waals surface area (Å²) in [6, 6.07) is 59.6. The molecule has 2 aliphatic rings. The van der Waals surface area contributed by atoms with Gasteiger partial charge in [0.15, 0.2) is 12.6 Å². The zero-order valence-electron chi connectivity index (χ0n) is 35.8. The van der Waals surface area contributed by atoms with Crippen LogP contribution in [-0.2, 0) is 87.1 Å². The Kier molecular flexibility index (Phi) is 17.0. The largest absolute Gasteiger partial charge is 0.374 e. The molecule has 0 aromatic heterocycles. The van der Waals surface area contributed by atoms with Crippen molar-refractivity contribution in [1.29, 1.82) is 0 Å². The monoisotopic (exact) mass is 864 g/mol. The highest BCUT2D eigenvalue weighted by molar-refractivity contribution is 5.57. The molecule has 64 heavy (non-hydrogen) atoms. The fraction of sp³-hybridized carbons (Fsp3) is 0.315. The van der Waals surface area contributed by atoms with Crippen molar-refractivity contribution >= 4 is 6.29 Å². The Labute approximate surface area is 375 Å². The summed E-state index contributed by atoms with van der Waals surface area (Å²) in [5, 5.41) is 0. The average molecular weight is 865 g/mol. The van der Waals surface area contributed by atoms with Gasteiger partial charge >= 0.3 is 0 Å². The van der Waals surface area contributed by atoms with E-state index in [4.69, 9.17) is 42.6 Å². The van der Waals surface area contributed by atoms with Gasteiger partial charge in [0.1, 0.15) is 48.8 Å². The lowest BCUT2D eigenvalue weighted by atomic mass is 9.97. The summed E-state index contributed by atoms with van der Waals surface area (Å²) < 4.78 is 60.6. The Bertz CT molecular complexity index is 2200. The van der Waals surface area contributed by atoms with Crippen LogP contribution < -0.4 is 0 Å². The number of hydrogen-bond donors (Lipinski definition) is 0. The highest BCUT2D eigenvalue weighted by Gasteiger charge is 2.53. The minimum atomic E-state index is -1.06. The smallest absolute Gasteiger partial charge is 0.187 e. The molecule has 10 nitrogen and oxygen atoms in total. The van der Waals surface area contributed by atoms with Crippen molar-refractivity contribution in [3.8, 4) is 0 Å². The van der Waals surface area contributed by atoms with Gasteiger partial charge in [0.05, 0.1) is 52.9 Å². The topological polar surface area (TPSA) is 100 Å². The van der Waals surface area contributed by atoms with Crippen LogP contribution >= 0.6 is 0 Å². The molecule has 2 heterocycles. The Morgan fingerprint density at radius 3 is 1.34 bits per heavy atom. The second-order valence-corrected chi connectivity index (χ2v) is 16.0. The summed E-state index contributed by atoms with van der Waals surface area (Å²) in [4.78, 5) is 12.9. The maximum atomic E-state index is 12.9. The summed E-state index contributed by atoms with van der Waals surface area (Å²) in [7, 11) is 0. The molecule has 8 rings (SSSR count). The summed E-state index contributed by atoms with van der Waals surface area (Å²) in [6.07, 6.45) is -6.47. The van der Waals surface area contributed by atoms with Crippen molar-refractivity contribution in [3.63, 3.8) is 0 Å². The molecule has 0 amide bonds. The minimum absolute atomic E-state index is 0.153. The maximum absolute atomic E-state index is 12.9. The minimum Gasteiger partial charge on any atom is -0.374 e. The van der Waals surface area contributed by atoms with E-state index in [1.807, 2.05) is 182 Å². The van der Waals surface area contributed by atoms with E-state index in [0.717, 1.165) is 39.7 Å². The third kappa shape index (κ3) is 12.9. The van der Waals surface area contributed by atoms with Crippen LogP contribution in [0.15, 0.2) is 182 Å². The van der Waals surface area contributed by atoms with Crippen molar-refractivity contribution < 1.29 is 47.4 Å². The lowest BCUT2D eigenvalue weighted by Crippen LogP contribution is -2.63. The van der Waals surface area contributed by atoms with Gasteiger partial charge in [0, 0.05) is 0 Å². The van der Waals surface area contributed by atoms with Gasteiger partial charge in [-0.2, -0.15) is 0 Å². The first kappa shape index (κ1) is 45.2. The first-order valence-electron chi connectivity index (χ1n) is 22.0. The zero-order valence-corrected chi connectivity index (χ0v) is 35.8. The van der Waals surface area contributed by atoms with Crippen molar-refractivity contribution in [2.24, 2.45) is 0 Å². The molecule has 0 saturated carbocycles. The molecule has 6 aromatic rings. The van der Waals surface area contributed by atoms with E-state index < -0.39 is 55.1 Å². The van der Waals surface area contributed by atoms with Gasteiger partial charge in [-0.25, -0.2) is 0 Å². The summed E-state index contributed by atoms with van der Waals surface area (Å²) in [6.45, 7) is 1.96. The van der Waals surface area contributed by atoms with E-state index in [1.54, 1.807) is 0 Å². The van der Waals surface area contributed by atoms with Crippen LogP contribution in [0, 0.1) is 0 Å². The van der Waals surface area contributed by atoms with Gasteiger partial charge < -0.3 is 47.4 Å². The van der Waals surface area contributed by atoms with E-state index in [0.29, 0.717) is 19.8 Å². The van der Waals surface area contributed by atoms with Crippen molar-refractivity contribution in [3.05, 3.63) is 215 Å². The molecule has 0 unspecified atom stereocenters. The van der Waals surface area contributed by atoms with Gasteiger partial charge in [-0.3, -0.25) is 0 Å². The molecule has 2 fully saturated rings. The molecule has 6 aromatic carbocycles. The van der Waals surface area contributed by atoms with Crippen LogP contribution in [0.5, 0.6) is 0 Å². The first-order valence-corrected chi connectivity index (χ1v) is 22.0. The Hall–Kier alpha value is -5.37. The fourth-order valence-corrected chi connectivity index (χ4v) is 7.96. The van der Waals surface area contributed by atoms with Crippen LogP contribution in [0.25, 0.3) is 0 Å². The van der Waals surface area contributed by atoms with E-state index in [1.165, 1.54) is 0 Å². The first-order chi connectivity index (χ1) is 31.7. The van der Waals surface area contributed by atoms with Crippen LogP contribution in [-0.4, -0.2) is 74.6 Å². The Morgan fingerprint density at radius 2 is 0.875 bits per heavy atom. The molecule has 332 valence electrons.